The predicted octanol–water partition coefficient (Wildman–Crippen LogP) is 1.99. The number of amides is 3. The summed E-state index contributed by atoms with van der Waals surface area (Å²) in [5, 5.41) is 2.78. The van der Waals surface area contributed by atoms with E-state index < -0.39 is 0 Å². The lowest BCUT2D eigenvalue weighted by atomic mass is 10.1. The maximum absolute atomic E-state index is 12.7. The number of nitrogens with zero attached hydrogens (tertiary/aromatic N) is 1. The van der Waals surface area contributed by atoms with Gasteiger partial charge < -0.3 is 11.1 Å². The molecule has 0 spiro atoms. The SMILES string of the molecule is CC(N)CCNC(=O)c1ccc2c(c1)C(=O)N(CCc1ccccc1)C2=O. The van der Waals surface area contributed by atoms with E-state index in [0.29, 0.717) is 37.1 Å². The molecule has 1 aliphatic rings. The number of rotatable bonds is 7. The number of hydrogen-bond acceptors (Lipinski definition) is 4. The maximum Gasteiger partial charge on any atom is 0.261 e. The monoisotopic (exact) mass is 365 g/mol. The molecule has 3 N–H and O–H groups in total. The molecule has 0 bridgehead atoms. The lowest BCUT2D eigenvalue weighted by molar-refractivity contribution is 0.0656. The minimum atomic E-state index is -0.351. The van der Waals surface area contributed by atoms with Crippen molar-refractivity contribution < 1.29 is 14.4 Å². The average molecular weight is 365 g/mol. The van der Waals surface area contributed by atoms with Crippen molar-refractivity contribution in [3.8, 4) is 0 Å². The first-order valence-corrected chi connectivity index (χ1v) is 9.05. The normalized spacial score (nSPS) is 14.2. The van der Waals surface area contributed by atoms with E-state index in [1.807, 2.05) is 37.3 Å². The van der Waals surface area contributed by atoms with Gasteiger partial charge in [-0.05, 0) is 43.5 Å². The summed E-state index contributed by atoms with van der Waals surface area (Å²) in [5.74, 6) is -0.938. The number of benzene rings is 2. The fourth-order valence-electron chi connectivity index (χ4n) is 3.04. The Labute approximate surface area is 158 Å². The average Bonchev–Trinajstić information content (AvgIpc) is 2.90. The van der Waals surface area contributed by atoms with Crippen molar-refractivity contribution in [3.05, 3.63) is 70.8 Å². The van der Waals surface area contributed by atoms with E-state index in [4.69, 9.17) is 5.73 Å². The summed E-state index contributed by atoms with van der Waals surface area (Å²) in [6.07, 6.45) is 1.26. The molecule has 3 rings (SSSR count). The summed E-state index contributed by atoms with van der Waals surface area (Å²) in [6, 6.07) is 14.3. The van der Waals surface area contributed by atoms with Crippen molar-refractivity contribution >= 4 is 17.7 Å². The zero-order valence-corrected chi connectivity index (χ0v) is 15.3. The molecule has 0 saturated heterocycles. The molecule has 1 atom stereocenters. The summed E-state index contributed by atoms with van der Waals surface area (Å²) < 4.78 is 0. The van der Waals surface area contributed by atoms with Crippen molar-refractivity contribution in [2.24, 2.45) is 5.73 Å². The molecule has 0 saturated carbocycles. The number of nitrogens with one attached hydrogen (secondary N) is 1. The number of imide groups is 1. The predicted molar refractivity (Wildman–Crippen MR) is 103 cm³/mol. The van der Waals surface area contributed by atoms with E-state index in [2.05, 4.69) is 5.32 Å². The maximum atomic E-state index is 12.7. The van der Waals surface area contributed by atoms with Crippen molar-refractivity contribution in [1.29, 1.82) is 0 Å². The Balaban J connectivity index is 1.69. The minimum Gasteiger partial charge on any atom is -0.352 e. The van der Waals surface area contributed by atoms with Gasteiger partial charge in [-0.1, -0.05) is 30.3 Å². The fraction of sp³-hybridized carbons (Fsp3) is 0.286. The molecule has 0 fully saturated rings. The third-order valence-corrected chi connectivity index (χ3v) is 4.59. The largest absolute Gasteiger partial charge is 0.352 e. The molecular formula is C21H23N3O3. The van der Waals surface area contributed by atoms with Gasteiger partial charge in [0.25, 0.3) is 17.7 Å². The number of nitrogens with two attached hydrogens (primary N) is 1. The van der Waals surface area contributed by atoms with E-state index in [1.165, 1.54) is 11.0 Å². The van der Waals surface area contributed by atoms with Crippen LogP contribution in [0.15, 0.2) is 48.5 Å². The lowest BCUT2D eigenvalue weighted by Gasteiger charge is -2.13. The van der Waals surface area contributed by atoms with Crippen LogP contribution >= 0.6 is 0 Å². The van der Waals surface area contributed by atoms with Gasteiger partial charge in [0.1, 0.15) is 0 Å². The summed E-state index contributed by atoms with van der Waals surface area (Å²) in [7, 11) is 0. The molecule has 6 heteroatoms. The van der Waals surface area contributed by atoms with Gasteiger partial charge in [-0.2, -0.15) is 0 Å². The fourth-order valence-corrected chi connectivity index (χ4v) is 3.04. The second-order valence-corrected chi connectivity index (χ2v) is 6.78. The minimum absolute atomic E-state index is 0.00249. The Kier molecular flexibility index (Phi) is 5.66. The van der Waals surface area contributed by atoms with Crippen LogP contribution in [0.3, 0.4) is 0 Å². The van der Waals surface area contributed by atoms with Gasteiger partial charge in [0, 0.05) is 24.7 Å². The zero-order chi connectivity index (χ0) is 19.4. The summed E-state index contributed by atoms with van der Waals surface area (Å²) in [6.45, 7) is 2.64. The summed E-state index contributed by atoms with van der Waals surface area (Å²) >= 11 is 0. The van der Waals surface area contributed by atoms with Crippen molar-refractivity contribution in [1.82, 2.24) is 10.2 Å². The van der Waals surface area contributed by atoms with Crippen LogP contribution < -0.4 is 11.1 Å². The second-order valence-electron chi connectivity index (χ2n) is 6.78. The van der Waals surface area contributed by atoms with E-state index in [9.17, 15) is 14.4 Å². The molecule has 3 amide bonds. The number of fused-ring (bicyclic) bond motifs is 1. The lowest BCUT2D eigenvalue weighted by Crippen LogP contribution is -2.31. The van der Waals surface area contributed by atoms with E-state index in [0.717, 1.165) is 5.56 Å². The highest BCUT2D eigenvalue weighted by atomic mass is 16.2. The summed E-state index contributed by atoms with van der Waals surface area (Å²) in [4.78, 5) is 38.7. The standard InChI is InChI=1S/C21H23N3O3/c1-14(22)9-11-23-19(25)16-7-8-17-18(13-16)21(27)24(20(17)26)12-10-15-5-3-2-4-6-15/h2-8,13-14H,9-12,22H2,1H3,(H,23,25). The molecule has 1 aliphatic heterocycles. The topological polar surface area (TPSA) is 92.5 Å². The van der Waals surface area contributed by atoms with Gasteiger partial charge in [0.05, 0.1) is 11.1 Å². The van der Waals surface area contributed by atoms with Crippen molar-refractivity contribution in [3.63, 3.8) is 0 Å². The van der Waals surface area contributed by atoms with Crippen LogP contribution in [0.5, 0.6) is 0 Å². The van der Waals surface area contributed by atoms with Crippen LogP contribution in [0.4, 0.5) is 0 Å². The van der Waals surface area contributed by atoms with Crippen LogP contribution in [0, 0.1) is 0 Å². The Morgan fingerprint density at radius 1 is 1.07 bits per heavy atom. The van der Waals surface area contributed by atoms with Crippen LogP contribution in [-0.4, -0.2) is 41.8 Å². The first-order chi connectivity index (χ1) is 13.0. The number of carbonyl (C=O) groups excluding carboxylic acids is 3. The number of hydrogen-bond donors (Lipinski definition) is 2. The highest BCUT2D eigenvalue weighted by Gasteiger charge is 2.35. The molecule has 0 aliphatic carbocycles. The van der Waals surface area contributed by atoms with E-state index in [1.54, 1.807) is 12.1 Å². The van der Waals surface area contributed by atoms with Crippen LogP contribution in [0.1, 0.15) is 50.0 Å². The van der Waals surface area contributed by atoms with Gasteiger partial charge in [-0.3, -0.25) is 19.3 Å². The van der Waals surface area contributed by atoms with Crippen molar-refractivity contribution in [2.75, 3.05) is 13.1 Å². The van der Waals surface area contributed by atoms with Crippen LogP contribution in [-0.2, 0) is 6.42 Å². The van der Waals surface area contributed by atoms with E-state index in [-0.39, 0.29) is 29.3 Å². The highest BCUT2D eigenvalue weighted by Crippen LogP contribution is 2.24. The van der Waals surface area contributed by atoms with Gasteiger partial charge in [-0.15, -0.1) is 0 Å². The Hall–Kier alpha value is -2.99. The molecule has 1 heterocycles. The first-order valence-electron chi connectivity index (χ1n) is 9.05. The van der Waals surface area contributed by atoms with Gasteiger partial charge in [0.2, 0.25) is 0 Å². The quantitative estimate of drug-likeness (QED) is 0.734. The van der Waals surface area contributed by atoms with Gasteiger partial charge in [-0.25, -0.2) is 0 Å². The molecule has 0 aromatic heterocycles. The Morgan fingerprint density at radius 2 is 1.78 bits per heavy atom. The smallest absolute Gasteiger partial charge is 0.261 e. The van der Waals surface area contributed by atoms with Gasteiger partial charge >= 0.3 is 0 Å². The third-order valence-electron chi connectivity index (χ3n) is 4.59. The molecule has 1 unspecified atom stereocenters. The highest BCUT2D eigenvalue weighted by molar-refractivity contribution is 6.22. The van der Waals surface area contributed by atoms with Crippen molar-refractivity contribution in [2.45, 2.75) is 25.8 Å². The molecular weight excluding hydrogens is 342 g/mol. The molecule has 2 aromatic carbocycles. The third kappa shape index (κ3) is 4.23. The summed E-state index contributed by atoms with van der Waals surface area (Å²) in [5.41, 5.74) is 7.73. The molecule has 2 aromatic rings. The zero-order valence-electron chi connectivity index (χ0n) is 15.3. The molecule has 27 heavy (non-hydrogen) atoms. The molecule has 0 radical (unpaired) electrons. The molecule has 140 valence electrons. The number of carbonyl (C=O) groups is 3. The Morgan fingerprint density at radius 3 is 2.48 bits per heavy atom. The van der Waals surface area contributed by atoms with E-state index >= 15 is 0 Å². The second kappa shape index (κ2) is 8.14. The Bertz CT molecular complexity index is 862. The van der Waals surface area contributed by atoms with Gasteiger partial charge in [0.15, 0.2) is 0 Å². The van der Waals surface area contributed by atoms with Crippen LogP contribution in [0.2, 0.25) is 0 Å². The molecule has 6 nitrogen and oxygen atoms in total. The first kappa shape index (κ1) is 18.8. The van der Waals surface area contributed by atoms with Crippen LogP contribution in [0.25, 0.3) is 0 Å².